The fourth-order valence-corrected chi connectivity index (χ4v) is 2.87. The minimum Gasteiger partial charge on any atom is -0.387 e. The molecule has 1 aliphatic heterocycles. The number of carbonyl (C=O) groups excluding carboxylic acids is 1. The average molecular weight is 296 g/mol. The standard InChI is InChI=1S/C18H20N2O2/c1-18(22)13-20(15-10-6-3-7-11-15)17(21)16(18)12-19-14-8-4-2-5-9-14/h2-11,16,19,22H,12-13H2,1H3. The summed E-state index contributed by atoms with van der Waals surface area (Å²) in [6, 6.07) is 19.2. The lowest BCUT2D eigenvalue weighted by molar-refractivity contribution is -0.123. The van der Waals surface area contributed by atoms with Crippen LogP contribution < -0.4 is 10.2 Å². The Morgan fingerprint density at radius 2 is 1.73 bits per heavy atom. The van der Waals surface area contributed by atoms with E-state index < -0.39 is 11.5 Å². The molecule has 1 fully saturated rings. The number of para-hydroxylation sites is 2. The van der Waals surface area contributed by atoms with Gasteiger partial charge in [-0.1, -0.05) is 36.4 Å². The fourth-order valence-electron chi connectivity index (χ4n) is 2.87. The van der Waals surface area contributed by atoms with E-state index in [1.165, 1.54) is 0 Å². The Balaban J connectivity index is 1.75. The average Bonchev–Trinajstić information content (AvgIpc) is 2.77. The van der Waals surface area contributed by atoms with Crippen LogP contribution in [0.4, 0.5) is 11.4 Å². The van der Waals surface area contributed by atoms with Crippen LogP contribution in [0.2, 0.25) is 0 Å². The second-order valence-corrected chi connectivity index (χ2v) is 5.92. The predicted molar refractivity (Wildman–Crippen MR) is 87.8 cm³/mol. The van der Waals surface area contributed by atoms with Gasteiger partial charge in [-0.05, 0) is 31.2 Å². The molecule has 0 radical (unpaired) electrons. The minimum atomic E-state index is -1.05. The molecule has 114 valence electrons. The van der Waals surface area contributed by atoms with E-state index in [0.717, 1.165) is 11.4 Å². The van der Waals surface area contributed by atoms with Crippen molar-refractivity contribution in [3.05, 3.63) is 60.7 Å². The van der Waals surface area contributed by atoms with Crippen molar-refractivity contribution < 1.29 is 9.90 Å². The van der Waals surface area contributed by atoms with Crippen LogP contribution in [0.25, 0.3) is 0 Å². The van der Waals surface area contributed by atoms with Crippen LogP contribution in [0.5, 0.6) is 0 Å². The van der Waals surface area contributed by atoms with Gasteiger partial charge >= 0.3 is 0 Å². The molecule has 1 saturated heterocycles. The Morgan fingerprint density at radius 1 is 1.14 bits per heavy atom. The summed E-state index contributed by atoms with van der Waals surface area (Å²) in [5.41, 5.74) is 0.730. The van der Waals surface area contributed by atoms with E-state index >= 15 is 0 Å². The predicted octanol–water partition coefficient (Wildman–Crippen LogP) is 2.51. The van der Waals surface area contributed by atoms with E-state index in [-0.39, 0.29) is 5.91 Å². The van der Waals surface area contributed by atoms with Crippen molar-refractivity contribution in [1.82, 2.24) is 0 Å². The zero-order valence-electron chi connectivity index (χ0n) is 12.6. The van der Waals surface area contributed by atoms with Crippen LogP contribution >= 0.6 is 0 Å². The van der Waals surface area contributed by atoms with E-state index in [2.05, 4.69) is 5.32 Å². The van der Waals surface area contributed by atoms with Crippen LogP contribution in [-0.2, 0) is 4.79 Å². The molecule has 22 heavy (non-hydrogen) atoms. The molecule has 1 heterocycles. The van der Waals surface area contributed by atoms with Crippen molar-refractivity contribution in [1.29, 1.82) is 0 Å². The quantitative estimate of drug-likeness (QED) is 0.911. The van der Waals surface area contributed by atoms with Gasteiger partial charge in [-0.25, -0.2) is 0 Å². The topological polar surface area (TPSA) is 52.6 Å². The molecule has 0 bridgehead atoms. The molecule has 0 spiro atoms. The summed E-state index contributed by atoms with van der Waals surface area (Å²) in [5.74, 6) is -0.507. The summed E-state index contributed by atoms with van der Waals surface area (Å²) in [6.07, 6.45) is 0. The highest BCUT2D eigenvalue weighted by Crippen LogP contribution is 2.32. The Bertz CT molecular complexity index is 641. The van der Waals surface area contributed by atoms with Crippen molar-refractivity contribution in [2.45, 2.75) is 12.5 Å². The fraction of sp³-hybridized carbons (Fsp3) is 0.278. The van der Waals surface area contributed by atoms with Crippen LogP contribution in [0, 0.1) is 5.92 Å². The van der Waals surface area contributed by atoms with Gasteiger partial charge in [0.15, 0.2) is 0 Å². The van der Waals surface area contributed by atoms with E-state index in [1.54, 1.807) is 11.8 Å². The first-order valence-corrected chi connectivity index (χ1v) is 7.46. The summed E-state index contributed by atoms with van der Waals surface area (Å²) >= 11 is 0. The van der Waals surface area contributed by atoms with Crippen LogP contribution in [-0.4, -0.2) is 29.7 Å². The molecule has 2 aromatic carbocycles. The third-order valence-corrected chi connectivity index (χ3v) is 4.15. The normalized spacial score (nSPS) is 24.5. The first-order chi connectivity index (χ1) is 10.6. The molecule has 2 aromatic rings. The van der Waals surface area contributed by atoms with Crippen LogP contribution in [0.1, 0.15) is 6.92 Å². The number of hydrogen-bond donors (Lipinski definition) is 2. The third-order valence-electron chi connectivity index (χ3n) is 4.15. The van der Waals surface area contributed by atoms with Crippen molar-refractivity contribution >= 4 is 17.3 Å². The van der Waals surface area contributed by atoms with E-state index in [4.69, 9.17) is 0 Å². The molecule has 0 saturated carbocycles. The number of hydrogen-bond acceptors (Lipinski definition) is 3. The van der Waals surface area contributed by atoms with Crippen molar-refractivity contribution in [2.75, 3.05) is 23.3 Å². The van der Waals surface area contributed by atoms with Gasteiger partial charge < -0.3 is 15.3 Å². The maximum absolute atomic E-state index is 12.7. The zero-order chi connectivity index (χ0) is 15.6. The Morgan fingerprint density at radius 3 is 2.36 bits per heavy atom. The van der Waals surface area contributed by atoms with Gasteiger partial charge in [0.25, 0.3) is 0 Å². The number of carbonyl (C=O) groups is 1. The minimum absolute atomic E-state index is 0.0420. The number of nitrogens with one attached hydrogen (secondary N) is 1. The smallest absolute Gasteiger partial charge is 0.234 e. The van der Waals surface area contributed by atoms with Crippen LogP contribution in [0.15, 0.2) is 60.7 Å². The molecule has 2 unspecified atom stereocenters. The maximum Gasteiger partial charge on any atom is 0.234 e. The molecule has 3 rings (SSSR count). The SMILES string of the molecule is CC1(O)CN(c2ccccc2)C(=O)C1CNc1ccccc1. The summed E-state index contributed by atoms with van der Waals surface area (Å²) in [5, 5.41) is 13.9. The van der Waals surface area contributed by atoms with Gasteiger partial charge in [0.1, 0.15) is 0 Å². The molecule has 0 aromatic heterocycles. The number of β-amino-alcohol motifs (C(OH)–C–C–N with tert-alkyl or cyclic N) is 1. The van der Waals surface area contributed by atoms with Gasteiger partial charge in [-0.2, -0.15) is 0 Å². The molecule has 2 atom stereocenters. The van der Waals surface area contributed by atoms with E-state index in [9.17, 15) is 9.90 Å². The largest absolute Gasteiger partial charge is 0.387 e. The molecular formula is C18H20N2O2. The molecule has 1 aliphatic rings. The highest BCUT2D eigenvalue weighted by Gasteiger charge is 2.48. The second-order valence-electron chi connectivity index (χ2n) is 5.92. The van der Waals surface area contributed by atoms with Crippen molar-refractivity contribution in [3.63, 3.8) is 0 Å². The van der Waals surface area contributed by atoms with Crippen molar-refractivity contribution in [3.8, 4) is 0 Å². The number of benzene rings is 2. The number of anilines is 2. The van der Waals surface area contributed by atoms with Gasteiger partial charge in [-0.3, -0.25) is 4.79 Å². The highest BCUT2D eigenvalue weighted by atomic mass is 16.3. The van der Waals surface area contributed by atoms with E-state index in [0.29, 0.717) is 13.1 Å². The first kappa shape index (κ1) is 14.6. The Labute approximate surface area is 130 Å². The molecular weight excluding hydrogens is 276 g/mol. The molecule has 1 amide bonds. The summed E-state index contributed by atoms with van der Waals surface area (Å²) in [6.45, 7) is 2.46. The van der Waals surface area contributed by atoms with E-state index in [1.807, 2.05) is 60.7 Å². The monoisotopic (exact) mass is 296 g/mol. The highest BCUT2D eigenvalue weighted by molar-refractivity contribution is 5.99. The van der Waals surface area contributed by atoms with Gasteiger partial charge in [0, 0.05) is 17.9 Å². The number of nitrogens with zero attached hydrogens (tertiary/aromatic N) is 1. The third kappa shape index (κ3) is 2.83. The lowest BCUT2D eigenvalue weighted by Gasteiger charge is -2.23. The van der Waals surface area contributed by atoms with Gasteiger partial charge in [0.05, 0.1) is 18.1 Å². The second kappa shape index (κ2) is 5.81. The summed E-state index contributed by atoms with van der Waals surface area (Å²) in [7, 11) is 0. The zero-order valence-corrected chi connectivity index (χ0v) is 12.6. The Kier molecular flexibility index (Phi) is 3.86. The summed E-state index contributed by atoms with van der Waals surface area (Å²) < 4.78 is 0. The van der Waals surface area contributed by atoms with Crippen molar-refractivity contribution in [2.24, 2.45) is 5.92 Å². The lowest BCUT2D eigenvalue weighted by Crippen LogP contribution is -2.38. The first-order valence-electron chi connectivity index (χ1n) is 7.46. The van der Waals surface area contributed by atoms with Gasteiger partial charge in [-0.15, -0.1) is 0 Å². The molecule has 4 heteroatoms. The Hall–Kier alpha value is -2.33. The number of amides is 1. The lowest BCUT2D eigenvalue weighted by atomic mass is 9.92. The maximum atomic E-state index is 12.7. The molecule has 2 N–H and O–H groups in total. The number of rotatable bonds is 4. The van der Waals surface area contributed by atoms with Gasteiger partial charge in [0.2, 0.25) is 5.91 Å². The van der Waals surface area contributed by atoms with Crippen LogP contribution in [0.3, 0.4) is 0 Å². The molecule has 4 nitrogen and oxygen atoms in total. The number of aliphatic hydroxyl groups is 1. The summed E-state index contributed by atoms with van der Waals surface area (Å²) in [4.78, 5) is 14.3. The molecule has 0 aliphatic carbocycles.